The number of halogens is 1. The maximum atomic E-state index is 13.5. The van der Waals surface area contributed by atoms with Crippen molar-refractivity contribution in [3.8, 4) is 0 Å². The molecule has 0 fully saturated rings. The number of nitrogens with one attached hydrogen (secondary N) is 2. The zero-order valence-corrected chi connectivity index (χ0v) is 12.6. The highest BCUT2D eigenvalue weighted by molar-refractivity contribution is 7.12. The van der Waals surface area contributed by atoms with Gasteiger partial charge in [0, 0.05) is 30.8 Å². The summed E-state index contributed by atoms with van der Waals surface area (Å²) in [4.78, 5) is 24.0. The summed E-state index contributed by atoms with van der Waals surface area (Å²) in [6.07, 6.45) is 0.109. The zero-order valence-electron chi connectivity index (χ0n) is 11.8. The number of hydrogen-bond acceptors (Lipinski definition) is 4. The first-order chi connectivity index (χ1) is 10.6. The standard InChI is InChI=1S/C15H16FN3O2S/c16-12-8-11(4-3-10(12)9-17)19-14(20)5-6-18-15(21)13-2-1-7-22-13/h1-4,7-8H,5-6,9,17H2,(H,18,21)(H,19,20). The zero-order chi connectivity index (χ0) is 15.9. The highest BCUT2D eigenvalue weighted by Crippen LogP contribution is 2.14. The maximum Gasteiger partial charge on any atom is 0.261 e. The molecule has 0 radical (unpaired) electrons. The second-order valence-corrected chi connectivity index (χ2v) is 5.49. The predicted molar refractivity (Wildman–Crippen MR) is 84.2 cm³/mol. The molecule has 5 nitrogen and oxygen atoms in total. The van der Waals surface area contributed by atoms with Crippen LogP contribution in [0.25, 0.3) is 0 Å². The van der Waals surface area contributed by atoms with Crippen LogP contribution in [0.1, 0.15) is 21.7 Å². The fourth-order valence-corrected chi connectivity index (χ4v) is 2.44. The second-order valence-electron chi connectivity index (χ2n) is 4.54. The molecular formula is C15H16FN3O2S. The highest BCUT2D eigenvalue weighted by Gasteiger charge is 2.08. The van der Waals surface area contributed by atoms with Crippen LogP contribution in [0, 0.1) is 5.82 Å². The van der Waals surface area contributed by atoms with Crippen LogP contribution in [0.3, 0.4) is 0 Å². The Bertz CT molecular complexity index is 659. The van der Waals surface area contributed by atoms with Crippen molar-refractivity contribution >= 4 is 28.8 Å². The SMILES string of the molecule is NCc1ccc(NC(=O)CCNC(=O)c2cccs2)cc1F. The van der Waals surface area contributed by atoms with Crippen LogP contribution >= 0.6 is 11.3 Å². The normalized spacial score (nSPS) is 10.3. The Morgan fingerprint density at radius 1 is 1.27 bits per heavy atom. The Morgan fingerprint density at radius 3 is 2.73 bits per heavy atom. The van der Waals surface area contributed by atoms with Crippen LogP contribution in [-0.4, -0.2) is 18.4 Å². The average molecular weight is 321 g/mol. The van der Waals surface area contributed by atoms with Crippen molar-refractivity contribution in [1.82, 2.24) is 5.32 Å². The van der Waals surface area contributed by atoms with E-state index >= 15 is 0 Å². The summed E-state index contributed by atoms with van der Waals surface area (Å²) in [5.74, 6) is -0.959. The number of anilines is 1. The molecule has 0 bridgehead atoms. The van der Waals surface area contributed by atoms with E-state index in [2.05, 4.69) is 10.6 Å². The number of amides is 2. The van der Waals surface area contributed by atoms with E-state index < -0.39 is 5.82 Å². The van der Waals surface area contributed by atoms with E-state index in [4.69, 9.17) is 5.73 Å². The molecule has 1 aromatic carbocycles. The molecule has 2 amide bonds. The van der Waals surface area contributed by atoms with Crippen LogP contribution < -0.4 is 16.4 Å². The van der Waals surface area contributed by atoms with E-state index in [0.29, 0.717) is 16.1 Å². The average Bonchev–Trinajstić information content (AvgIpc) is 3.01. The third-order valence-electron chi connectivity index (χ3n) is 2.94. The van der Waals surface area contributed by atoms with Gasteiger partial charge in [0.2, 0.25) is 5.91 Å². The molecule has 0 aliphatic carbocycles. The minimum atomic E-state index is -0.453. The van der Waals surface area contributed by atoms with Gasteiger partial charge in [0.15, 0.2) is 0 Å². The number of rotatable bonds is 6. The molecular weight excluding hydrogens is 305 g/mol. The van der Waals surface area contributed by atoms with Gasteiger partial charge in [0.1, 0.15) is 5.82 Å². The van der Waals surface area contributed by atoms with Crippen molar-refractivity contribution < 1.29 is 14.0 Å². The number of nitrogens with two attached hydrogens (primary N) is 1. The topological polar surface area (TPSA) is 84.2 Å². The van der Waals surface area contributed by atoms with E-state index in [0.717, 1.165) is 0 Å². The van der Waals surface area contributed by atoms with Gasteiger partial charge in [-0.3, -0.25) is 9.59 Å². The fourth-order valence-electron chi connectivity index (χ4n) is 1.80. The van der Waals surface area contributed by atoms with Crippen molar-refractivity contribution in [3.63, 3.8) is 0 Å². The first kappa shape index (κ1) is 16.1. The van der Waals surface area contributed by atoms with Crippen molar-refractivity contribution in [2.24, 2.45) is 5.73 Å². The Balaban J connectivity index is 1.78. The molecule has 0 saturated carbocycles. The summed E-state index contributed by atoms with van der Waals surface area (Å²) >= 11 is 1.33. The van der Waals surface area contributed by atoms with Crippen molar-refractivity contribution in [1.29, 1.82) is 0 Å². The van der Waals surface area contributed by atoms with E-state index in [1.165, 1.54) is 23.5 Å². The molecule has 0 saturated heterocycles. The van der Waals surface area contributed by atoms with Gasteiger partial charge in [-0.05, 0) is 23.6 Å². The van der Waals surface area contributed by atoms with Crippen LogP contribution in [0.5, 0.6) is 0 Å². The Kier molecular flexibility index (Phi) is 5.62. The first-order valence-electron chi connectivity index (χ1n) is 6.70. The fraction of sp³-hybridized carbons (Fsp3) is 0.200. The minimum absolute atomic E-state index is 0.106. The summed E-state index contributed by atoms with van der Waals surface area (Å²) in [5.41, 5.74) is 6.12. The molecule has 0 atom stereocenters. The second kappa shape index (κ2) is 7.67. The summed E-state index contributed by atoms with van der Waals surface area (Å²) in [6, 6.07) is 7.84. The molecule has 0 aliphatic heterocycles. The van der Waals surface area contributed by atoms with Crippen LogP contribution in [0.2, 0.25) is 0 Å². The third kappa shape index (κ3) is 4.37. The van der Waals surface area contributed by atoms with Crippen molar-refractivity contribution in [3.05, 3.63) is 52.0 Å². The van der Waals surface area contributed by atoms with Gasteiger partial charge >= 0.3 is 0 Å². The number of thiophene rings is 1. The van der Waals surface area contributed by atoms with E-state index in [1.54, 1.807) is 23.6 Å². The Morgan fingerprint density at radius 2 is 2.09 bits per heavy atom. The van der Waals surface area contributed by atoms with E-state index in [-0.39, 0.29) is 31.3 Å². The van der Waals surface area contributed by atoms with E-state index in [9.17, 15) is 14.0 Å². The lowest BCUT2D eigenvalue weighted by molar-refractivity contribution is -0.116. The monoisotopic (exact) mass is 321 g/mol. The van der Waals surface area contributed by atoms with Gasteiger partial charge in [0.25, 0.3) is 5.91 Å². The summed E-state index contributed by atoms with van der Waals surface area (Å²) in [5, 5.41) is 7.03. The minimum Gasteiger partial charge on any atom is -0.351 e. The lowest BCUT2D eigenvalue weighted by atomic mass is 10.2. The third-order valence-corrected chi connectivity index (χ3v) is 3.81. The van der Waals surface area contributed by atoms with Crippen LogP contribution in [0.4, 0.5) is 10.1 Å². The quantitative estimate of drug-likeness (QED) is 0.762. The molecule has 1 heterocycles. The molecule has 0 spiro atoms. The number of carbonyl (C=O) groups is 2. The molecule has 2 rings (SSSR count). The lowest BCUT2D eigenvalue weighted by Gasteiger charge is -2.07. The smallest absolute Gasteiger partial charge is 0.261 e. The van der Waals surface area contributed by atoms with Crippen molar-refractivity contribution in [2.45, 2.75) is 13.0 Å². The largest absolute Gasteiger partial charge is 0.351 e. The van der Waals surface area contributed by atoms with Crippen molar-refractivity contribution in [2.75, 3.05) is 11.9 Å². The number of benzene rings is 1. The summed E-state index contributed by atoms with van der Waals surface area (Å²) in [7, 11) is 0. The molecule has 7 heteroatoms. The highest BCUT2D eigenvalue weighted by atomic mass is 32.1. The van der Waals surface area contributed by atoms with Gasteiger partial charge in [-0.15, -0.1) is 11.3 Å². The molecule has 0 unspecified atom stereocenters. The summed E-state index contributed by atoms with van der Waals surface area (Å²) < 4.78 is 13.5. The lowest BCUT2D eigenvalue weighted by Crippen LogP contribution is -2.27. The van der Waals surface area contributed by atoms with Crippen LogP contribution in [0.15, 0.2) is 35.7 Å². The van der Waals surface area contributed by atoms with Gasteiger partial charge in [-0.2, -0.15) is 0 Å². The first-order valence-corrected chi connectivity index (χ1v) is 7.58. The van der Waals surface area contributed by atoms with Gasteiger partial charge in [-0.1, -0.05) is 12.1 Å². The molecule has 22 heavy (non-hydrogen) atoms. The molecule has 0 aliphatic rings. The van der Waals surface area contributed by atoms with Gasteiger partial charge in [-0.25, -0.2) is 4.39 Å². The Hall–Kier alpha value is -2.25. The van der Waals surface area contributed by atoms with Crippen LogP contribution in [-0.2, 0) is 11.3 Å². The molecule has 2 aromatic rings. The van der Waals surface area contributed by atoms with Gasteiger partial charge < -0.3 is 16.4 Å². The Labute approximate surface area is 131 Å². The van der Waals surface area contributed by atoms with E-state index in [1.807, 2.05) is 0 Å². The number of carbonyl (C=O) groups excluding carboxylic acids is 2. The summed E-state index contributed by atoms with van der Waals surface area (Å²) in [6.45, 7) is 0.320. The van der Waals surface area contributed by atoms with Gasteiger partial charge in [0.05, 0.1) is 4.88 Å². The number of hydrogen-bond donors (Lipinski definition) is 3. The maximum absolute atomic E-state index is 13.5. The molecule has 1 aromatic heterocycles. The molecule has 116 valence electrons. The molecule has 4 N–H and O–H groups in total. The predicted octanol–water partition coefficient (Wildman–Crippen LogP) is 2.10.